The molecular formula is C12H22N4. The van der Waals surface area contributed by atoms with E-state index < -0.39 is 0 Å². The van der Waals surface area contributed by atoms with E-state index in [2.05, 4.69) is 67.9 Å². The Morgan fingerprint density at radius 2 is 1.25 bits per heavy atom. The predicted molar refractivity (Wildman–Crippen MR) is 66.2 cm³/mol. The van der Waals surface area contributed by atoms with Crippen molar-refractivity contribution in [1.82, 2.24) is 19.8 Å². The van der Waals surface area contributed by atoms with Crippen LogP contribution in [0.15, 0.2) is 12.4 Å². The molecule has 1 aromatic heterocycles. The lowest BCUT2D eigenvalue weighted by molar-refractivity contribution is 0.305. The Kier molecular flexibility index (Phi) is 4.38. The molecule has 0 amide bonds. The van der Waals surface area contributed by atoms with E-state index in [1.165, 1.54) is 0 Å². The summed E-state index contributed by atoms with van der Waals surface area (Å²) >= 11 is 0. The topological polar surface area (TPSA) is 32.3 Å². The lowest BCUT2D eigenvalue weighted by Crippen LogP contribution is -2.21. The molecule has 4 nitrogen and oxygen atoms in total. The van der Waals surface area contributed by atoms with E-state index in [0.29, 0.717) is 12.1 Å². The van der Waals surface area contributed by atoms with Crippen LogP contribution in [0.1, 0.15) is 37.3 Å². The number of rotatable bonds is 4. The zero-order valence-electron chi connectivity index (χ0n) is 11.1. The van der Waals surface area contributed by atoms with E-state index in [1.54, 1.807) is 6.33 Å². The van der Waals surface area contributed by atoms with Gasteiger partial charge in [0.05, 0.1) is 11.4 Å². The van der Waals surface area contributed by atoms with Crippen molar-refractivity contribution in [3.63, 3.8) is 0 Å². The first-order chi connectivity index (χ1) is 7.43. The van der Waals surface area contributed by atoms with Crippen LogP contribution in [0.5, 0.6) is 0 Å². The van der Waals surface area contributed by atoms with Crippen molar-refractivity contribution in [3.8, 4) is 0 Å². The minimum atomic E-state index is 0.316. The van der Waals surface area contributed by atoms with Gasteiger partial charge in [0.1, 0.15) is 6.33 Å². The molecule has 2 unspecified atom stereocenters. The maximum atomic E-state index is 4.33. The second-order valence-electron chi connectivity index (χ2n) is 4.65. The maximum Gasteiger partial charge on any atom is 0.116 e. The van der Waals surface area contributed by atoms with Crippen LogP contribution in [-0.4, -0.2) is 48.0 Å². The zero-order valence-corrected chi connectivity index (χ0v) is 11.1. The Morgan fingerprint density at radius 3 is 1.56 bits per heavy atom. The third kappa shape index (κ3) is 3.00. The number of aromatic nitrogens is 2. The molecule has 1 rings (SSSR count). The number of hydrogen-bond acceptors (Lipinski definition) is 4. The first-order valence-corrected chi connectivity index (χ1v) is 5.58. The summed E-state index contributed by atoms with van der Waals surface area (Å²) in [5.41, 5.74) is 2.15. The van der Waals surface area contributed by atoms with Crippen LogP contribution in [0.3, 0.4) is 0 Å². The molecule has 2 atom stereocenters. The molecule has 0 radical (unpaired) electrons. The average molecular weight is 222 g/mol. The van der Waals surface area contributed by atoms with Crippen LogP contribution < -0.4 is 0 Å². The van der Waals surface area contributed by atoms with Gasteiger partial charge in [-0.25, -0.2) is 9.97 Å². The van der Waals surface area contributed by atoms with Gasteiger partial charge in [0.15, 0.2) is 0 Å². The standard InChI is InChI=1S/C12H22N4/c1-9(15(3)4)11-7-12(14-8-13-11)10(2)16(5)6/h7-10H,1-6H3. The molecule has 0 aliphatic heterocycles. The van der Waals surface area contributed by atoms with Crippen molar-refractivity contribution >= 4 is 0 Å². The molecule has 0 N–H and O–H groups in total. The molecule has 0 saturated carbocycles. The van der Waals surface area contributed by atoms with Crippen molar-refractivity contribution in [2.24, 2.45) is 0 Å². The summed E-state index contributed by atoms with van der Waals surface area (Å²) in [4.78, 5) is 13.0. The third-order valence-corrected chi connectivity index (χ3v) is 3.11. The highest BCUT2D eigenvalue weighted by Gasteiger charge is 2.14. The fourth-order valence-corrected chi connectivity index (χ4v) is 1.37. The van der Waals surface area contributed by atoms with E-state index in [9.17, 15) is 0 Å². The molecule has 0 aromatic carbocycles. The van der Waals surface area contributed by atoms with Crippen LogP contribution in [0.25, 0.3) is 0 Å². The third-order valence-electron chi connectivity index (χ3n) is 3.11. The smallest absolute Gasteiger partial charge is 0.116 e. The Hall–Kier alpha value is -1.00. The number of nitrogens with zero attached hydrogens (tertiary/aromatic N) is 4. The summed E-state index contributed by atoms with van der Waals surface area (Å²) in [6, 6.07) is 2.72. The SMILES string of the molecule is CC(c1cc(C(C)N(C)C)ncn1)N(C)C. The van der Waals surface area contributed by atoms with Gasteiger partial charge in [-0.05, 0) is 48.1 Å². The molecule has 0 spiro atoms. The second kappa shape index (κ2) is 5.37. The second-order valence-corrected chi connectivity index (χ2v) is 4.65. The van der Waals surface area contributed by atoms with Crippen molar-refractivity contribution in [2.45, 2.75) is 25.9 Å². The van der Waals surface area contributed by atoms with E-state index >= 15 is 0 Å². The van der Waals surface area contributed by atoms with Crippen molar-refractivity contribution in [1.29, 1.82) is 0 Å². The molecule has 0 bridgehead atoms. The van der Waals surface area contributed by atoms with Gasteiger partial charge in [-0.1, -0.05) is 0 Å². The molecule has 16 heavy (non-hydrogen) atoms. The molecule has 90 valence electrons. The van der Waals surface area contributed by atoms with E-state index in [0.717, 1.165) is 11.4 Å². The Morgan fingerprint density at radius 1 is 0.875 bits per heavy atom. The molecular weight excluding hydrogens is 200 g/mol. The first-order valence-electron chi connectivity index (χ1n) is 5.58. The fraction of sp³-hybridized carbons (Fsp3) is 0.667. The van der Waals surface area contributed by atoms with E-state index in [-0.39, 0.29) is 0 Å². The molecule has 0 fully saturated rings. The summed E-state index contributed by atoms with van der Waals surface area (Å²) in [5, 5.41) is 0. The normalized spacial score (nSPS) is 15.5. The van der Waals surface area contributed by atoms with Gasteiger partial charge in [-0.3, -0.25) is 0 Å². The summed E-state index contributed by atoms with van der Waals surface area (Å²) in [6.07, 6.45) is 1.66. The van der Waals surface area contributed by atoms with Gasteiger partial charge in [-0.2, -0.15) is 0 Å². The largest absolute Gasteiger partial charge is 0.301 e. The molecule has 0 aliphatic rings. The Bertz CT molecular complexity index is 306. The summed E-state index contributed by atoms with van der Waals surface area (Å²) in [6.45, 7) is 4.29. The Labute approximate surface area is 98.3 Å². The minimum Gasteiger partial charge on any atom is -0.301 e. The van der Waals surface area contributed by atoms with E-state index in [4.69, 9.17) is 0 Å². The highest BCUT2D eigenvalue weighted by atomic mass is 15.1. The first kappa shape index (κ1) is 13.1. The lowest BCUT2D eigenvalue weighted by atomic mass is 10.1. The van der Waals surface area contributed by atoms with Gasteiger partial charge < -0.3 is 9.80 Å². The van der Waals surface area contributed by atoms with Crippen LogP contribution in [-0.2, 0) is 0 Å². The summed E-state index contributed by atoms with van der Waals surface area (Å²) < 4.78 is 0. The molecule has 1 heterocycles. The molecule has 0 saturated heterocycles. The molecule has 0 aliphatic carbocycles. The highest BCUT2D eigenvalue weighted by molar-refractivity contribution is 5.14. The number of hydrogen-bond donors (Lipinski definition) is 0. The monoisotopic (exact) mass is 222 g/mol. The van der Waals surface area contributed by atoms with Crippen molar-refractivity contribution in [3.05, 3.63) is 23.8 Å². The maximum absolute atomic E-state index is 4.33. The molecule has 1 aromatic rings. The van der Waals surface area contributed by atoms with Gasteiger partial charge in [0.2, 0.25) is 0 Å². The fourth-order valence-electron chi connectivity index (χ4n) is 1.37. The van der Waals surface area contributed by atoms with Crippen LogP contribution >= 0.6 is 0 Å². The average Bonchev–Trinajstić information content (AvgIpc) is 2.26. The highest BCUT2D eigenvalue weighted by Crippen LogP contribution is 2.19. The van der Waals surface area contributed by atoms with Gasteiger partial charge in [-0.15, -0.1) is 0 Å². The van der Waals surface area contributed by atoms with Crippen LogP contribution in [0.4, 0.5) is 0 Å². The lowest BCUT2D eigenvalue weighted by Gasteiger charge is -2.22. The quantitative estimate of drug-likeness (QED) is 0.776. The van der Waals surface area contributed by atoms with Gasteiger partial charge in [0.25, 0.3) is 0 Å². The summed E-state index contributed by atoms with van der Waals surface area (Å²) in [7, 11) is 8.23. The molecule has 4 heteroatoms. The van der Waals surface area contributed by atoms with Crippen LogP contribution in [0, 0.1) is 0 Å². The summed E-state index contributed by atoms with van der Waals surface area (Å²) in [5.74, 6) is 0. The van der Waals surface area contributed by atoms with Gasteiger partial charge >= 0.3 is 0 Å². The van der Waals surface area contributed by atoms with Crippen molar-refractivity contribution in [2.75, 3.05) is 28.2 Å². The Balaban J connectivity index is 2.95. The zero-order chi connectivity index (χ0) is 12.3. The minimum absolute atomic E-state index is 0.316. The predicted octanol–water partition coefficient (Wildman–Crippen LogP) is 1.72. The van der Waals surface area contributed by atoms with Crippen molar-refractivity contribution < 1.29 is 0 Å². The van der Waals surface area contributed by atoms with Crippen LogP contribution in [0.2, 0.25) is 0 Å². The van der Waals surface area contributed by atoms with Gasteiger partial charge in [0, 0.05) is 12.1 Å². The van der Waals surface area contributed by atoms with E-state index in [1.807, 2.05) is 0 Å².